The Morgan fingerprint density at radius 3 is 2.31 bits per heavy atom. The Morgan fingerprint density at radius 1 is 0.931 bits per heavy atom. The van der Waals surface area contributed by atoms with Gasteiger partial charge < -0.3 is 9.80 Å². The van der Waals surface area contributed by atoms with Crippen molar-refractivity contribution >= 4 is 23.6 Å². The molecule has 0 saturated carbocycles. The molecule has 2 heterocycles. The molecular formula is C24H28N2O2S. The first-order chi connectivity index (χ1) is 14.2. The number of benzene rings is 2. The van der Waals surface area contributed by atoms with E-state index in [1.807, 2.05) is 52.3 Å². The molecule has 29 heavy (non-hydrogen) atoms. The summed E-state index contributed by atoms with van der Waals surface area (Å²) in [6.45, 7) is 2.44. The van der Waals surface area contributed by atoms with Crippen molar-refractivity contribution in [2.75, 3.05) is 25.4 Å². The lowest BCUT2D eigenvalue weighted by molar-refractivity contribution is -0.128. The first-order valence-electron chi connectivity index (χ1n) is 10.6. The minimum atomic E-state index is 0.0357. The predicted molar refractivity (Wildman–Crippen MR) is 118 cm³/mol. The maximum Gasteiger partial charge on any atom is 0.253 e. The van der Waals surface area contributed by atoms with Gasteiger partial charge in [-0.3, -0.25) is 9.59 Å². The van der Waals surface area contributed by atoms with Gasteiger partial charge in [0.2, 0.25) is 5.91 Å². The largest absolute Gasteiger partial charge is 0.339 e. The van der Waals surface area contributed by atoms with Crippen molar-refractivity contribution in [3.63, 3.8) is 0 Å². The molecule has 2 fully saturated rings. The number of likely N-dealkylation sites (tertiary alicyclic amines) is 1. The second kappa shape index (κ2) is 9.49. The number of hydrogen-bond donors (Lipinski definition) is 0. The number of amides is 2. The van der Waals surface area contributed by atoms with Crippen molar-refractivity contribution in [3.8, 4) is 0 Å². The molecule has 152 valence electrons. The molecule has 2 saturated heterocycles. The van der Waals surface area contributed by atoms with E-state index in [0.717, 1.165) is 50.0 Å². The highest BCUT2D eigenvalue weighted by atomic mass is 32.2. The van der Waals surface area contributed by atoms with E-state index in [9.17, 15) is 9.59 Å². The van der Waals surface area contributed by atoms with Crippen LogP contribution in [0.25, 0.3) is 0 Å². The minimum absolute atomic E-state index is 0.0357. The molecule has 2 aliphatic rings. The van der Waals surface area contributed by atoms with Crippen LogP contribution >= 0.6 is 11.8 Å². The molecule has 2 aromatic carbocycles. The highest BCUT2D eigenvalue weighted by Gasteiger charge is 2.32. The smallest absolute Gasteiger partial charge is 0.253 e. The first-order valence-corrected chi connectivity index (χ1v) is 11.6. The van der Waals surface area contributed by atoms with Crippen LogP contribution in [0.4, 0.5) is 0 Å². The topological polar surface area (TPSA) is 40.6 Å². The van der Waals surface area contributed by atoms with E-state index < -0.39 is 0 Å². The molecule has 0 radical (unpaired) electrons. The van der Waals surface area contributed by atoms with Crippen molar-refractivity contribution in [1.29, 1.82) is 0 Å². The zero-order valence-corrected chi connectivity index (χ0v) is 17.6. The number of hydrogen-bond acceptors (Lipinski definition) is 3. The fourth-order valence-electron chi connectivity index (χ4n) is 4.11. The minimum Gasteiger partial charge on any atom is -0.339 e. The molecule has 0 bridgehead atoms. The summed E-state index contributed by atoms with van der Waals surface area (Å²) in [6.07, 6.45) is 5.49. The third-order valence-electron chi connectivity index (χ3n) is 5.79. The van der Waals surface area contributed by atoms with Crippen LogP contribution in [0.3, 0.4) is 0 Å². The Hall–Kier alpha value is -2.27. The quantitative estimate of drug-likeness (QED) is 0.730. The van der Waals surface area contributed by atoms with E-state index in [2.05, 4.69) is 12.1 Å². The van der Waals surface area contributed by atoms with Crippen LogP contribution < -0.4 is 0 Å². The molecule has 5 heteroatoms. The zero-order valence-electron chi connectivity index (χ0n) is 16.8. The van der Waals surface area contributed by atoms with Gasteiger partial charge in [0.05, 0.1) is 5.75 Å². The maximum absolute atomic E-state index is 12.8. The summed E-state index contributed by atoms with van der Waals surface area (Å²) in [5.74, 6) is 0.851. The summed E-state index contributed by atoms with van der Waals surface area (Å²) in [6, 6.07) is 18.2. The molecule has 4 nitrogen and oxygen atoms in total. The summed E-state index contributed by atoms with van der Waals surface area (Å²) < 4.78 is 0. The van der Waals surface area contributed by atoms with Gasteiger partial charge in [-0.1, -0.05) is 55.3 Å². The van der Waals surface area contributed by atoms with E-state index in [-0.39, 0.29) is 17.2 Å². The lowest BCUT2D eigenvalue weighted by Crippen LogP contribution is -2.32. The third-order valence-corrected chi connectivity index (χ3v) is 7.04. The van der Waals surface area contributed by atoms with Crippen LogP contribution in [0.15, 0.2) is 54.6 Å². The molecule has 0 aromatic heterocycles. The van der Waals surface area contributed by atoms with Gasteiger partial charge in [0.25, 0.3) is 5.91 Å². The van der Waals surface area contributed by atoms with Gasteiger partial charge in [-0.15, -0.1) is 11.8 Å². The van der Waals surface area contributed by atoms with Crippen molar-refractivity contribution in [2.45, 2.75) is 37.5 Å². The van der Waals surface area contributed by atoms with Crippen LogP contribution in [-0.2, 0) is 11.2 Å². The van der Waals surface area contributed by atoms with Crippen LogP contribution in [0, 0.1) is 0 Å². The van der Waals surface area contributed by atoms with E-state index in [1.165, 1.54) is 18.4 Å². The molecular weight excluding hydrogens is 380 g/mol. The molecule has 4 rings (SSSR count). The second-order valence-corrected chi connectivity index (χ2v) is 8.88. The molecule has 2 amide bonds. The molecule has 0 spiro atoms. The van der Waals surface area contributed by atoms with Crippen molar-refractivity contribution in [3.05, 3.63) is 71.3 Å². The molecule has 2 aromatic rings. The van der Waals surface area contributed by atoms with Crippen LogP contribution in [0.2, 0.25) is 0 Å². The van der Waals surface area contributed by atoms with E-state index in [0.29, 0.717) is 5.75 Å². The summed E-state index contributed by atoms with van der Waals surface area (Å²) in [5, 5.41) is 0.0357. The van der Waals surface area contributed by atoms with Gasteiger partial charge in [-0.05, 0) is 42.5 Å². The third kappa shape index (κ3) is 4.84. The highest BCUT2D eigenvalue weighted by molar-refractivity contribution is 8.00. The molecule has 0 aliphatic carbocycles. The Morgan fingerprint density at radius 2 is 1.62 bits per heavy atom. The fraction of sp³-hybridized carbons (Fsp3) is 0.417. The second-order valence-electron chi connectivity index (χ2n) is 7.81. The summed E-state index contributed by atoms with van der Waals surface area (Å²) >= 11 is 1.67. The van der Waals surface area contributed by atoms with Crippen LogP contribution in [-0.4, -0.2) is 47.0 Å². The summed E-state index contributed by atoms with van der Waals surface area (Å²) in [5.41, 5.74) is 3.09. The average Bonchev–Trinajstić information content (AvgIpc) is 2.95. The Bertz CT molecular complexity index is 830. The van der Waals surface area contributed by atoms with Gasteiger partial charge in [0, 0.05) is 25.2 Å². The molecule has 1 atom stereocenters. The van der Waals surface area contributed by atoms with Gasteiger partial charge >= 0.3 is 0 Å². The van der Waals surface area contributed by atoms with Crippen molar-refractivity contribution < 1.29 is 9.59 Å². The first kappa shape index (κ1) is 20.0. The van der Waals surface area contributed by atoms with Crippen molar-refractivity contribution in [1.82, 2.24) is 9.80 Å². The number of carbonyl (C=O) groups excluding carboxylic acids is 2. The Labute approximate surface area is 177 Å². The van der Waals surface area contributed by atoms with Gasteiger partial charge in [-0.25, -0.2) is 0 Å². The van der Waals surface area contributed by atoms with Crippen LogP contribution in [0.5, 0.6) is 0 Å². The number of rotatable bonds is 5. The maximum atomic E-state index is 12.8. The van der Waals surface area contributed by atoms with Gasteiger partial charge in [0.15, 0.2) is 0 Å². The monoisotopic (exact) mass is 408 g/mol. The zero-order chi connectivity index (χ0) is 20.1. The summed E-state index contributed by atoms with van der Waals surface area (Å²) in [4.78, 5) is 29.2. The number of nitrogens with zero attached hydrogens (tertiary/aromatic N) is 2. The highest BCUT2D eigenvalue weighted by Crippen LogP contribution is 2.38. The Balaban J connectivity index is 1.43. The molecule has 0 unspecified atom stereocenters. The SMILES string of the molecule is O=C(c1ccc([C@@H]2SCC(=O)N2CCc2ccccc2)cc1)N1CCCCCC1. The lowest BCUT2D eigenvalue weighted by atomic mass is 10.1. The van der Waals surface area contributed by atoms with E-state index >= 15 is 0 Å². The normalized spacial score (nSPS) is 20.0. The standard InChI is InChI=1S/C24H28N2O2S/c27-22-18-29-24(26(22)17-14-19-8-4-3-5-9-19)21-12-10-20(11-13-21)23(28)25-15-6-1-2-7-16-25/h3-5,8-13,24H,1-2,6-7,14-18H2/t24-/m0/s1. The lowest BCUT2D eigenvalue weighted by Gasteiger charge is -2.25. The average molecular weight is 409 g/mol. The number of thioether (sulfide) groups is 1. The van der Waals surface area contributed by atoms with Gasteiger partial charge in [-0.2, -0.15) is 0 Å². The van der Waals surface area contributed by atoms with Crippen molar-refractivity contribution in [2.24, 2.45) is 0 Å². The molecule has 0 N–H and O–H groups in total. The predicted octanol–water partition coefficient (Wildman–Crippen LogP) is 4.52. The summed E-state index contributed by atoms with van der Waals surface area (Å²) in [7, 11) is 0. The van der Waals surface area contributed by atoms with Gasteiger partial charge in [0.1, 0.15) is 5.37 Å². The van der Waals surface area contributed by atoms with Crippen LogP contribution in [0.1, 0.15) is 52.5 Å². The fourth-order valence-corrected chi connectivity index (χ4v) is 5.33. The Kier molecular flexibility index (Phi) is 6.55. The van der Waals surface area contributed by atoms with E-state index in [4.69, 9.17) is 0 Å². The molecule has 2 aliphatic heterocycles. The number of carbonyl (C=O) groups is 2. The van der Waals surface area contributed by atoms with E-state index in [1.54, 1.807) is 11.8 Å².